The molecule has 0 fully saturated rings. The van der Waals surface area contributed by atoms with Gasteiger partial charge in [-0.05, 0) is 6.07 Å². The summed E-state index contributed by atoms with van der Waals surface area (Å²) in [6.45, 7) is 0. The highest BCUT2D eigenvalue weighted by molar-refractivity contribution is 6.34. The molecule has 0 bridgehead atoms. The fraction of sp³-hybridized carbons (Fsp3) is 0. The quantitative estimate of drug-likeness (QED) is 0.642. The summed E-state index contributed by atoms with van der Waals surface area (Å²) in [6, 6.07) is 11.5. The molecule has 0 spiro atoms. The summed E-state index contributed by atoms with van der Waals surface area (Å²) in [4.78, 5) is 0. The summed E-state index contributed by atoms with van der Waals surface area (Å²) in [7, 11) is 0. The summed E-state index contributed by atoms with van der Waals surface area (Å²) < 4.78 is 5.40. The predicted octanol–water partition coefficient (Wildman–Crippen LogP) is 3.54. The molecule has 3 rings (SSSR count). The number of fused-ring (bicyclic) bond motifs is 1. The lowest BCUT2D eigenvalue weighted by molar-refractivity contribution is 0.614. The van der Waals surface area contributed by atoms with Crippen LogP contribution in [-0.4, -0.2) is 10.2 Å². The van der Waals surface area contributed by atoms with E-state index in [1.54, 1.807) is 12.3 Å². The molecule has 2 aromatic heterocycles. The molecule has 0 saturated carbocycles. The molecule has 0 aliphatic carbocycles. The number of nitrogens with zero attached hydrogens (tertiary/aromatic N) is 2. The van der Waals surface area contributed by atoms with Gasteiger partial charge in [0.2, 0.25) is 0 Å². The van der Waals surface area contributed by atoms with E-state index in [9.17, 15) is 0 Å². The third-order valence-corrected chi connectivity index (χ3v) is 2.67. The Morgan fingerprint density at radius 1 is 1.00 bits per heavy atom. The van der Waals surface area contributed by atoms with Crippen LogP contribution in [0.2, 0.25) is 5.15 Å². The van der Waals surface area contributed by atoms with Gasteiger partial charge in [-0.3, -0.25) is 0 Å². The van der Waals surface area contributed by atoms with Crippen LogP contribution in [0.25, 0.3) is 22.2 Å². The monoisotopic (exact) mass is 230 g/mol. The van der Waals surface area contributed by atoms with Crippen molar-refractivity contribution < 1.29 is 4.42 Å². The molecule has 0 unspecified atom stereocenters. The highest BCUT2D eigenvalue weighted by Crippen LogP contribution is 2.29. The van der Waals surface area contributed by atoms with Crippen molar-refractivity contribution in [3.05, 3.63) is 47.8 Å². The molecule has 1 aromatic carbocycles. The lowest BCUT2D eigenvalue weighted by Crippen LogP contribution is -1.88. The smallest absolute Gasteiger partial charge is 0.165 e. The van der Waals surface area contributed by atoms with Crippen LogP contribution in [0.4, 0.5) is 0 Å². The van der Waals surface area contributed by atoms with Crippen LogP contribution < -0.4 is 0 Å². The van der Waals surface area contributed by atoms with E-state index in [-0.39, 0.29) is 0 Å². The van der Waals surface area contributed by atoms with Gasteiger partial charge in [-0.25, -0.2) is 0 Å². The van der Waals surface area contributed by atoms with Gasteiger partial charge in [0, 0.05) is 5.56 Å². The Bertz CT molecular complexity index is 634. The van der Waals surface area contributed by atoms with Gasteiger partial charge in [0.15, 0.2) is 10.7 Å². The Labute approximate surface area is 96.7 Å². The minimum Gasteiger partial charge on any atom is -0.462 e. The Kier molecular flexibility index (Phi) is 2.11. The van der Waals surface area contributed by atoms with Crippen molar-refractivity contribution in [1.82, 2.24) is 10.2 Å². The van der Waals surface area contributed by atoms with Gasteiger partial charge in [-0.1, -0.05) is 41.9 Å². The van der Waals surface area contributed by atoms with Crippen LogP contribution in [0.1, 0.15) is 0 Å². The SMILES string of the molecule is Clc1nnc(-c2ccccc2)c2occc12. The van der Waals surface area contributed by atoms with Crippen molar-refractivity contribution in [1.29, 1.82) is 0 Å². The lowest BCUT2D eigenvalue weighted by atomic mass is 10.1. The molecule has 0 atom stereocenters. The summed E-state index contributed by atoms with van der Waals surface area (Å²) in [5.74, 6) is 0. The predicted molar refractivity (Wildman–Crippen MR) is 62.3 cm³/mol. The first-order valence-corrected chi connectivity index (χ1v) is 5.19. The van der Waals surface area contributed by atoms with Crippen molar-refractivity contribution in [2.45, 2.75) is 0 Å². The number of hydrogen-bond acceptors (Lipinski definition) is 3. The Balaban J connectivity index is 2.33. The van der Waals surface area contributed by atoms with Crippen molar-refractivity contribution in [2.75, 3.05) is 0 Å². The average molecular weight is 231 g/mol. The number of halogens is 1. The van der Waals surface area contributed by atoms with Gasteiger partial charge in [0.25, 0.3) is 0 Å². The molecule has 3 aromatic rings. The Hall–Kier alpha value is -1.87. The van der Waals surface area contributed by atoms with E-state index in [1.807, 2.05) is 30.3 Å². The highest BCUT2D eigenvalue weighted by Gasteiger charge is 2.11. The van der Waals surface area contributed by atoms with Gasteiger partial charge >= 0.3 is 0 Å². The second-order valence-electron chi connectivity index (χ2n) is 3.37. The van der Waals surface area contributed by atoms with E-state index in [1.165, 1.54) is 0 Å². The van der Waals surface area contributed by atoms with E-state index >= 15 is 0 Å². The third-order valence-electron chi connectivity index (χ3n) is 2.39. The van der Waals surface area contributed by atoms with E-state index in [2.05, 4.69) is 10.2 Å². The number of benzene rings is 1. The minimum absolute atomic E-state index is 0.364. The molecule has 78 valence electrons. The molecule has 0 aliphatic rings. The summed E-state index contributed by atoms with van der Waals surface area (Å²) in [5, 5.41) is 9.14. The second-order valence-corrected chi connectivity index (χ2v) is 3.73. The zero-order valence-electron chi connectivity index (χ0n) is 8.22. The minimum atomic E-state index is 0.364. The first-order chi connectivity index (χ1) is 7.86. The molecular weight excluding hydrogens is 224 g/mol. The normalized spacial score (nSPS) is 10.8. The van der Waals surface area contributed by atoms with Crippen molar-refractivity contribution in [3.63, 3.8) is 0 Å². The number of hydrogen-bond donors (Lipinski definition) is 0. The maximum atomic E-state index is 5.92. The fourth-order valence-electron chi connectivity index (χ4n) is 1.63. The third kappa shape index (κ3) is 1.37. The number of furan rings is 1. The molecule has 16 heavy (non-hydrogen) atoms. The van der Waals surface area contributed by atoms with Crippen molar-refractivity contribution in [3.8, 4) is 11.3 Å². The largest absolute Gasteiger partial charge is 0.462 e. The Morgan fingerprint density at radius 2 is 1.81 bits per heavy atom. The van der Waals surface area contributed by atoms with Crippen LogP contribution in [0, 0.1) is 0 Å². The summed E-state index contributed by atoms with van der Waals surface area (Å²) >= 11 is 5.92. The highest BCUT2D eigenvalue weighted by atomic mass is 35.5. The van der Waals surface area contributed by atoms with E-state index in [4.69, 9.17) is 16.0 Å². The van der Waals surface area contributed by atoms with Crippen LogP contribution in [0.15, 0.2) is 47.1 Å². The molecule has 0 radical (unpaired) electrons. The molecular formula is C12H7ClN2O. The summed E-state index contributed by atoms with van der Waals surface area (Å²) in [6.07, 6.45) is 1.59. The first-order valence-electron chi connectivity index (χ1n) is 4.81. The van der Waals surface area contributed by atoms with Gasteiger partial charge in [-0.15, -0.1) is 10.2 Å². The molecule has 4 heteroatoms. The summed E-state index contributed by atoms with van der Waals surface area (Å²) in [5.41, 5.74) is 2.35. The van der Waals surface area contributed by atoms with Gasteiger partial charge < -0.3 is 4.42 Å². The molecule has 0 N–H and O–H groups in total. The second kappa shape index (κ2) is 3.61. The molecule has 2 heterocycles. The van der Waals surface area contributed by atoms with Crippen LogP contribution >= 0.6 is 11.6 Å². The van der Waals surface area contributed by atoms with Crippen molar-refractivity contribution in [2.24, 2.45) is 0 Å². The van der Waals surface area contributed by atoms with Crippen LogP contribution in [0.3, 0.4) is 0 Å². The zero-order valence-corrected chi connectivity index (χ0v) is 8.98. The van der Waals surface area contributed by atoms with Gasteiger partial charge in [-0.2, -0.15) is 0 Å². The first kappa shape index (κ1) is 9.36. The standard InChI is InChI=1S/C12H7ClN2O/c13-12-9-6-7-16-11(9)10(14-15-12)8-4-2-1-3-5-8/h1-7H. The Morgan fingerprint density at radius 3 is 2.62 bits per heavy atom. The number of aromatic nitrogens is 2. The van der Waals surface area contributed by atoms with Gasteiger partial charge in [0.1, 0.15) is 5.69 Å². The molecule has 0 amide bonds. The maximum absolute atomic E-state index is 5.92. The zero-order chi connectivity index (χ0) is 11.0. The fourth-order valence-corrected chi connectivity index (χ4v) is 1.82. The maximum Gasteiger partial charge on any atom is 0.165 e. The van der Waals surface area contributed by atoms with E-state index in [0.29, 0.717) is 16.4 Å². The lowest BCUT2D eigenvalue weighted by Gasteiger charge is -2.00. The molecule has 0 aliphatic heterocycles. The topological polar surface area (TPSA) is 38.9 Å². The average Bonchev–Trinajstić information content (AvgIpc) is 2.81. The molecule has 3 nitrogen and oxygen atoms in total. The van der Waals surface area contributed by atoms with Gasteiger partial charge in [0.05, 0.1) is 11.6 Å². The molecule has 0 saturated heterocycles. The van der Waals surface area contributed by atoms with E-state index in [0.717, 1.165) is 10.9 Å². The van der Waals surface area contributed by atoms with Crippen LogP contribution in [-0.2, 0) is 0 Å². The van der Waals surface area contributed by atoms with Crippen LogP contribution in [0.5, 0.6) is 0 Å². The number of rotatable bonds is 1. The van der Waals surface area contributed by atoms with Crippen molar-refractivity contribution >= 4 is 22.6 Å². The van der Waals surface area contributed by atoms with E-state index < -0.39 is 0 Å².